The standard InChI is InChI=1S/C16H8N2O4S/c17-9-23-16(10-5-7-11(8-6-10)18(21)22)14(19)12-3-1-2-4-13(12)15(16)20/h1-8H. The summed E-state index contributed by atoms with van der Waals surface area (Å²) in [6.45, 7) is 0. The zero-order chi connectivity index (χ0) is 16.6. The predicted octanol–water partition coefficient (Wildman–Crippen LogP) is 3.08. The number of non-ortho nitro benzene ring substituents is 1. The molecule has 2 aromatic carbocycles. The van der Waals surface area contributed by atoms with Crippen molar-refractivity contribution in [1.29, 1.82) is 5.26 Å². The minimum atomic E-state index is -1.70. The van der Waals surface area contributed by atoms with E-state index in [-0.39, 0.29) is 22.4 Å². The first-order chi connectivity index (χ1) is 11.0. The largest absolute Gasteiger partial charge is 0.292 e. The number of nitro groups is 1. The van der Waals surface area contributed by atoms with Crippen molar-refractivity contribution >= 4 is 29.0 Å². The molecule has 0 unspecified atom stereocenters. The number of nitro benzene ring substituents is 1. The molecule has 7 heteroatoms. The molecule has 0 aliphatic heterocycles. The zero-order valence-electron chi connectivity index (χ0n) is 11.6. The number of hydrogen-bond donors (Lipinski definition) is 0. The van der Waals surface area contributed by atoms with Gasteiger partial charge in [-0.2, -0.15) is 5.26 Å². The zero-order valence-corrected chi connectivity index (χ0v) is 12.4. The van der Waals surface area contributed by atoms with E-state index >= 15 is 0 Å². The van der Waals surface area contributed by atoms with Crippen molar-refractivity contribution in [2.45, 2.75) is 4.75 Å². The second-order valence-corrected chi connectivity index (χ2v) is 5.88. The average molecular weight is 324 g/mol. The van der Waals surface area contributed by atoms with E-state index in [1.807, 2.05) is 5.40 Å². The highest BCUT2D eigenvalue weighted by molar-refractivity contribution is 8.06. The summed E-state index contributed by atoms with van der Waals surface area (Å²) in [4.78, 5) is 35.8. The third-order valence-electron chi connectivity index (χ3n) is 3.74. The number of hydrogen-bond acceptors (Lipinski definition) is 6. The number of benzene rings is 2. The van der Waals surface area contributed by atoms with Gasteiger partial charge in [-0.25, -0.2) is 0 Å². The second kappa shape index (κ2) is 5.34. The number of thiocyanates is 1. The number of nitriles is 1. The molecule has 0 bridgehead atoms. The Hall–Kier alpha value is -2.98. The number of carbonyl (C=O) groups excluding carboxylic acids is 2. The number of thioether (sulfide) groups is 1. The van der Waals surface area contributed by atoms with Gasteiger partial charge in [0, 0.05) is 23.3 Å². The van der Waals surface area contributed by atoms with E-state index in [1.165, 1.54) is 24.3 Å². The lowest BCUT2D eigenvalue weighted by molar-refractivity contribution is -0.384. The van der Waals surface area contributed by atoms with Crippen molar-refractivity contribution in [3.05, 3.63) is 75.3 Å². The van der Waals surface area contributed by atoms with E-state index in [2.05, 4.69) is 0 Å². The molecule has 0 atom stereocenters. The number of fused-ring (bicyclic) bond motifs is 1. The summed E-state index contributed by atoms with van der Waals surface area (Å²) in [6.07, 6.45) is 0. The third-order valence-corrected chi connectivity index (χ3v) is 4.74. The van der Waals surface area contributed by atoms with Crippen LogP contribution in [0.4, 0.5) is 5.69 Å². The van der Waals surface area contributed by atoms with Crippen molar-refractivity contribution in [2.24, 2.45) is 0 Å². The van der Waals surface area contributed by atoms with E-state index in [0.29, 0.717) is 11.8 Å². The van der Waals surface area contributed by atoms with E-state index in [4.69, 9.17) is 5.26 Å². The molecule has 0 radical (unpaired) electrons. The number of rotatable bonds is 3. The smallest absolute Gasteiger partial charge is 0.269 e. The molecule has 0 spiro atoms. The van der Waals surface area contributed by atoms with Crippen LogP contribution in [0.2, 0.25) is 0 Å². The van der Waals surface area contributed by atoms with Crippen LogP contribution in [-0.2, 0) is 4.75 Å². The van der Waals surface area contributed by atoms with Gasteiger partial charge in [0.25, 0.3) is 5.69 Å². The monoisotopic (exact) mass is 324 g/mol. The summed E-state index contributed by atoms with van der Waals surface area (Å²) < 4.78 is -1.70. The SMILES string of the molecule is N#CSC1(c2ccc([N+](=O)[O-])cc2)C(=O)c2ccccc2C1=O. The van der Waals surface area contributed by atoms with Crippen molar-refractivity contribution in [3.63, 3.8) is 0 Å². The fraction of sp³-hybridized carbons (Fsp3) is 0.0625. The number of carbonyl (C=O) groups is 2. The van der Waals surface area contributed by atoms with E-state index in [0.717, 1.165) is 0 Å². The summed E-state index contributed by atoms with van der Waals surface area (Å²) in [5.74, 6) is -0.947. The van der Waals surface area contributed by atoms with Gasteiger partial charge >= 0.3 is 0 Å². The Morgan fingerprint density at radius 2 is 1.52 bits per heavy atom. The Labute approximate surface area is 134 Å². The van der Waals surface area contributed by atoms with Crippen LogP contribution in [0.15, 0.2) is 48.5 Å². The van der Waals surface area contributed by atoms with Crippen LogP contribution < -0.4 is 0 Å². The molecule has 0 saturated carbocycles. The average Bonchev–Trinajstić information content (AvgIpc) is 2.78. The molecule has 0 fully saturated rings. The van der Waals surface area contributed by atoms with Crippen LogP contribution in [0.1, 0.15) is 26.3 Å². The molecule has 0 heterocycles. The van der Waals surface area contributed by atoms with Gasteiger partial charge in [-0.1, -0.05) is 24.3 Å². The molecule has 1 aliphatic rings. The molecular formula is C16H8N2O4S. The van der Waals surface area contributed by atoms with Crippen LogP contribution in [-0.4, -0.2) is 16.5 Å². The van der Waals surface area contributed by atoms with Crippen LogP contribution in [0, 0.1) is 20.8 Å². The van der Waals surface area contributed by atoms with Crippen molar-refractivity contribution < 1.29 is 14.5 Å². The van der Waals surface area contributed by atoms with Crippen molar-refractivity contribution in [2.75, 3.05) is 0 Å². The summed E-state index contributed by atoms with van der Waals surface area (Å²) >= 11 is 0.563. The van der Waals surface area contributed by atoms with Gasteiger partial charge < -0.3 is 0 Å². The maximum atomic E-state index is 12.8. The second-order valence-electron chi connectivity index (χ2n) is 4.88. The van der Waals surface area contributed by atoms with Crippen LogP contribution in [0.3, 0.4) is 0 Å². The summed E-state index contributed by atoms with van der Waals surface area (Å²) in [7, 11) is 0. The Morgan fingerprint density at radius 3 is 1.96 bits per heavy atom. The molecule has 0 N–H and O–H groups in total. The minimum absolute atomic E-state index is 0.152. The summed E-state index contributed by atoms with van der Waals surface area (Å²) in [6, 6.07) is 11.5. The van der Waals surface area contributed by atoms with Gasteiger partial charge in [0.1, 0.15) is 5.40 Å². The molecular weight excluding hydrogens is 316 g/mol. The number of ketones is 2. The summed E-state index contributed by atoms with van der Waals surface area (Å²) in [5, 5.41) is 21.7. The van der Waals surface area contributed by atoms with Gasteiger partial charge in [-0.3, -0.25) is 19.7 Å². The fourth-order valence-corrected chi connectivity index (χ4v) is 3.46. The molecule has 0 aromatic heterocycles. The molecule has 3 rings (SSSR count). The van der Waals surface area contributed by atoms with Gasteiger partial charge in [0.15, 0.2) is 16.3 Å². The molecule has 0 amide bonds. The Balaban J connectivity index is 2.20. The van der Waals surface area contributed by atoms with Crippen LogP contribution in [0.5, 0.6) is 0 Å². The lowest BCUT2D eigenvalue weighted by Crippen LogP contribution is -2.34. The van der Waals surface area contributed by atoms with Gasteiger partial charge in [0.05, 0.1) is 4.92 Å². The molecule has 6 nitrogen and oxygen atoms in total. The van der Waals surface area contributed by atoms with Gasteiger partial charge in [-0.15, -0.1) is 0 Å². The highest BCUT2D eigenvalue weighted by atomic mass is 32.2. The predicted molar refractivity (Wildman–Crippen MR) is 83.1 cm³/mol. The highest BCUT2D eigenvalue weighted by Crippen LogP contribution is 2.47. The molecule has 0 saturated heterocycles. The number of nitrogens with zero attached hydrogens (tertiary/aromatic N) is 2. The van der Waals surface area contributed by atoms with E-state index < -0.39 is 21.2 Å². The third kappa shape index (κ3) is 2.04. The maximum absolute atomic E-state index is 12.8. The Kier molecular flexibility index (Phi) is 3.47. The first kappa shape index (κ1) is 14.9. The number of Topliss-reactive ketones (excluding diaryl/α,β-unsaturated/α-hetero) is 2. The lowest BCUT2D eigenvalue weighted by Gasteiger charge is -2.22. The maximum Gasteiger partial charge on any atom is 0.269 e. The van der Waals surface area contributed by atoms with Crippen molar-refractivity contribution in [1.82, 2.24) is 0 Å². The first-order valence-corrected chi connectivity index (χ1v) is 7.34. The minimum Gasteiger partial charge on any atom is -0.292 e. The van der Waals surface area contributed by atoms with Crippen molar-refractivity contribution in [3.8, 4) is 5.40 Å². The van der Waals surface area contributed by atoms with Gasteiger partial charge in [-0.05, 0) is 29.5 Å². The quantitative estimate of drug-likeness (QED) is 0.372. The van der Waals surface area contributed by atoms with Crippen LogP contribution in [0.25, 0.3) is 0 Å². The fourth-order valence-electron chi connectivity index (χ4n) is 2.66. The molecule has 1 aliphatic carbocycles. The van der Waals surface area contributed by atoms with Gasteiger partial charge in [0.2, 0.25) is 0 Å². The first-order valence-electron chi connectivity index (χ1n) is 6.53. The van der Waals surface area contributed by atoms with E-state index in [9.17, 15) is 19.7 Å². The van der Waals surface area contributed by atoms with E-state index in [1.54, 1.807) is 24.3 Å². The Morgan fingerprint density at radius 1 is 1.00 bits per heavy atom. The molecule has 2 aromatic rings. The van der Waals surface area contributed by atoms with Crippen LogP contribution >= 0.6 is 11.8 Å². The lowest BCUT2D eigenvalue weighted by atomic mass is 9.93. The normalized spacial score (nSPS) is 15.1. The molecule has 112 valence electrons. The Bertz CT molecular complexity index is 849. The summed E-state index contributed by atoms with van der Waals surface area (Å²) in [5.41, 5.74) is 0.638. The topological polar surface area (TPSA) is 101 Å². The highest BCUT2D eigenvalue weighted by Gasteiger charge is 2.55. The molecule has 23 heavy (non-hydrogen) atoms.